The van der Waals surface area contributed by atoms with Crippen LogP contribution in [0, 0.1) is 0 Å². The highest BCUT2D eigenvalue weighted by Crippen LogP contribution is 2.33. The number of amides is 2. The number of hydrogen-bond acceptors (Lipinski definition) is 4. The van der Waals surface area contributed by atoms with Crippen LogP contribution in [0.3, 0.4) is 0 Å². The van der Waals surface area contributed by atoms with Gasteiger partial charge in [0.1, 0.15) is 0 Å². The van der Waals surface area contributed by atoms with E-state index in [4.69, 9.17) is 10.5 Å². The number of carbonyl (C=O) groups is 2. The van der Waals surface area contributed by atoms with Gasteiger partial charge in [-0.15, -0.1) is 0 Å². The number of hydrogen-bond donors (Lipinski definition) is 1. The van der Waals surface area contributed by atoms with Crippen LogP contribution in [0.2, 0.25) is 0 Å². The molecule has 2 aromatic rings. The summed E-state index contributed by atoms with van der Waals surface area (Å²) in [6, 6.07) is 7.84. The first kappa shape index (κ1) is 17.4. The van der Waals surface area contributed by atoms with Gasteiger partial charge in [-0.2, -0.15) is 0 Å². The molecule has 1 aliphatic heterocycles. The van der Waals surface area contributed by atoms with Crippen molar-refractivity contribution in [1.29, 1.82) is 0 Å². The number of imidazole rings is 1. The molecule has 1 fully saturated rings. The van der Waals surface area contributed by atoms with Crippen molar-refractivity contribution >= 4 is 22.8 Å². The maximum Gasteiger partial charge on any atom is 0.224 e. The summed E-state index contributed by atoms with van der Waals surface area (Å²) in [6.45, 7) is 1.52. The van der Waals surface area contributed by atoms with E-state index >= 15 is 0 Å². The molecular weight excluding hydrogens is 320 g/mol. The van der Waals surface area contributed by atoms with Crippen LogP contribution in [0.1, 0.15) is 25.7 Å². The molecule has 1 aromatic carbocycles. The summed E-state index contributed by atoms with van der Waals surface area (Å²) in [5, 5.41) is 0. The van der Waals surface area contributed by atoms with Gasteiger partial charge in [-0.1, -0.05) is 12.1 Å². The number of nitrogens with zero attached hydrogens (tertiary/aromatic N) is 3. The van der Waals surface area contributed by atoms with E-state index in [-0.39, 0.29) is 12.3 Å². The Labute approximate surface area is 146 Å². The maximum absolute atomic E-state index is 12.8. The van der Waals surface area contributed by atoms with Crippen molar-refractivity contribution in [3.63, 3.8) is 0 Å². The first-order chi connectivity index (χ1) is 12.1. The number of methoxy groups -OCH3 is 1. The molecular formula is C18H24N4O3. The number of ether oxygens (including phenoxy) is 1. The number of primary amides is 1. The number of likely N-dealkylation sites (tertiary alicyclic amines) is 1. The van der Waals surface area contributed by atoms with E-state index in [1.807, 2.05) is 28.8 Å². The Morgan fingerprint density at radius 3 is 2.92 bits per heavy atom. The van der Waals surface area contributed by atoms with E-state index < -0.39 is 11.4 Å². The Morgan fingerprint density at radius 1 is 1.36 bits per heavy atom. The summed E-state index contributed by atoms with van der Waals surface area (Å²) >= 11 is 0. The van der Waals surface area contributed by atoms with E-state index in [1.165, 1.54) is 0 Å². The number of aryl methyl sites for hydroxylation is 1. The third-order valence-electron chi connectivity index (χ3n) is 4.91. The predicted octanol–water partition coefficient (Wildman–Crippen LogP) is 1.31. The van der Waals surface area contributed by atoms with Crippen molar-refractivity contribution < 1.29 is 14.3 Å². The topological polar surface area (TPSA) is 90.5 Å². The second-order valence-corrected chi connectivity index (χ2v) is 6.63. The Morgan fingerprint density at radius 2 is 2.16 bits per heavy atom. The summed E-state index contributed by atoms with van der Waals surface area (Å²) in [4.78, 5) is 30.5. The molecule has 0 radical (unpaired) electrons. The molecule has 0 spiro atoms. The van der Waals surface area contributed by atoms with Gasteiger partial charge >= 0.3 is 0 Å². The van der Waals surface area contributed by atoms with Gasteiger partial charge in [0.2, 0.25) is 11.8 Å². The number of rotatable bonds is 7. The minimum Gasteiger partial charge on any atom is -0.382 e. The molecule has 1 aliphatic rings. The molecule has 0 unspecified atom stereocenters. The molecule has 1 aromatic heterocycles. The Hall–Kier alpha value is -2.41. The fourth-order valence-electron chi connectivity index (χ4n) is 3.85. The molecule has 25 heavy (non-hydrogen) atoms. The van der Waals surface area contributed by atoms with Gasteiger partial charge in [-0.3, -0.25) is 9.59 Å². The average Bonchev–Trinajstić information content (AvgIpc) is 3.17. The zero-order valence-electron chi connectivity index (χ0n) is 14.5. The third-order valence-corrected chi connectivity index (χ3v) is 4.91. The van der Waals surface area contributed by atoms with E-state index in [9.17, 15) is 9.59 Å². The number of nitrogens with two attached hydrogens (primary N) is 1. The normalized spacial score (nSPS) is 20.3. The summed E-state index contributed by atoms with van der Waals surface area (Å²) in [6.07, 6.45) is 3.85. The molecule has 0 bridgehead atoms. The van der Waals surface area contributed by atoms with Crippen LogP contribution in [0.15, 0.2) is 30.6 Å². The van der Waals surface area contributed by atoms with Crippen LogP contribution in [0.5, 0.6) is 0 Å². The van der Waals surface area contributed by atoms with Crippen LogP contribution < -0.4 is 5.73 Å². The minimum atomic E-state index is -0.603. The van der Waals surface area contributed by atoms with Crippen molar-refractivity contribution in [3.05, 3.63) is 30.6 Å². The standard InChI is InChI=1S/C18H24N4O3/c1-25-12-18(11-16(19)23)8-4-9-22(18)17(24)7-10-21-13-20-14-5-2-3-6-15(14)21/h2-3,5-6,13H,4,7-12H2,1H3,(H2,19,23)/t18-/m1/s1. The summed E-state index contributed by atoms with van der Waals surface area (Å²) in [7, 11) is 1.58. The Bertz CT molecular complexity index is 773. The molecule has 2 heterocycles. The molecule has 2 amide bonds. The molecule has 0 aliphatic carbocycles. The van der Waals surface area contributed by atoms with Gasteiger partial charge in [0.15, 0.2) is 0 Å². The van der Waals surface area contributed by atoms with Crippen molar-refractivity contribution in [1.82, 2.24) is 14.5 Å². The minimum absolute atomic E-state index is 0.0218. The van der Waals surface area contributed by atoms with Crippen molar-refractivity contribution in [2.24, 2.45) is 5.73 Å². The molecule has 2 N–H and O–H groups in total. The van der Waals surface area contributed by atoms with Crippen molar-refractivity contribution in [2.75, 3.05) is 20.3 Å². The SMILES string of the molecule is COC[C@]1(CC(N)=O)CCCN1C(=O)CCn1cnc2ccccc21. The zero-order chi connectivity index (χ0) is 17.9. The first-order valence-electron chi connectivity index (χ1n) is 8.53. The molecule has 7 heteroatoms. The molecule has 1 atom stereocenters. The van der Waals surface area contributed by atoms with E-state index in [2.05, 4.69) is 4.98 Å². The molecule has 7 nitrogen and oxygen atoms in total. The lowest BCUT2D eigenvalue weighted by Crippen LogP contribution is -2.52. The summed E-state index contributed by atoms with van der Waals surface area (Å²) in [5.74, 6) is -0.383. The maximum atomic E-state index is 12.8. The monoisotopic (exact) mass is 344 g/mol. The number of benzene rings is 1. The second kappa shape index (κ2) is 7.23. The average molecular weight is 344 g/mol. The lowest BCUT2D eigenvalue weighted by Gasteiger charge is -2.37. The number of carbonyl (C=O) groups excluding carboxylic acids is 2. The lowest BCUT2D eigenvalue weighted by molar-refractivity contribution is -0.139. The van der Waals surface area contributed by atoms with Gasteiger partial charge in [-0.05, 0) is 25.0 Å². The number of aromatic nitrogens is 2. The fourth-order valence-corrected chi connectivity index (χ4v) is 3.85. The van der Waals surface area contributed by atoms with Gasteiger partial charge in [0.05, 0.1) is 35.9 Å². The first-order valence-corrected chi connectivity index (χ1v) is 8.53. The van der Waals surface area contributed by atoms with E-state index in [0.717, 1.165) is 23.9 Å². The number of para-hydroxylation sites is 2. The largest absolute Gasteiger partial charge is 0.382 e. The van der Waals surface area contributed by atoms with Gasteiger partial charge in [-0.25, -0.2) is 4.98 Å². The second-order valence-electron chi connectivity index (χ2n) is 6.63. The Balaban J connectivity index is 1.72. The van der Waals surface area contributed by atoms with Crippen molar-refractivity contribution in [3.8, 4) is 0 Å². The van der Waals surface area contributed by atoms with Crippen LogP contribution in [-0.4, -0.2) is 52.1 Å². The van der Waals surface area contributed by atoms with Gasteiger partial charge in [0.25, 0.3) is 0 Å². The third kappa shape index (κ3) is 3.51. The fraction of sp³-hybridized carbons (Fsp3) is 0.500. The summed E-state index contributed by atoms with van der Waals surface area (Å²) < 4.78 is 7.28. The molecule has 0 saturated carbocycles. The van der Waals surface area contributed by atoms with Crippen molar-refractivity contribution in [2.45, 2.75) is 37.8 Å². The van der Waals surface area contributed by atoms with Crippen LogP contribution in [-0.2, 0) is 20.9 Å². The Kier molecular flexibility index (Phi) is 5.03. The highest BCUT2D eigenvalue weighted by Gasteiger charge is 2.44. The van der Waals surface area contributed by atoms with Crippen LogP contribution in [0.4, 0.5) is 0 Å². The van der Waals surface area contributed by atoms with Crippen LogP contribution >= 0.6 is 0 Å². The van der Waals surface area contributed by atoms with Gasteiger partial charge in [0, 0.05) is 26.6 Å². The predicted molar refractivity (Wildman–Crippen MR) is 93.7 cm³/mol. The lowest BCUT2D eigenvalue weighted by atomic mass is 9.92. The number of fused-ring (bicyclic) bond motifs is 1. The molecule has 3 rings (SSSR count). The zero-order valence-corrected chi connectivity index (χ0v) is 14.5. The van der Waals surface area contributed by atoms with E-state index in [1.54, 1.807) is 18.3 Å². The highest BCUT2D eigenvalue weighted by atomic mass is 16.5. The quantitative estimate of drug-likeness (QED) is 0.820. The molecule has 134 valence electrons. The highest BCUT2D eigenvalue weighted by molar-refractivity contribution is 5.81. The van der Waals surface area contributed by atoms with Gasteiger partial charge < -0.3 is 19.9 Å². The summed E-state index contributed by atoms with van der Waals surface area (Å²) in [5.41, 5.74) is 6.74. The smallest absolute Gasteiger partial charge is 0.224 e. The molecule has 1 saturated heterocycles. The van der Waals surface area contributed by atoms with Crippen LogP contribution in [0.25, 0.3) is 11.0 Å². The van der Waals surface area contributed by atoms with E-state index in [0.29, 0.717) is 26.1 Å².